The number of carbonyl (C=O) groups is 1. The summed E-state index contributed by atoms with van der Waals surface area (Å²) in [4.78, 5) is 14.8. The summed E-state index contributed by atoms with van der Waals surface area (Å²) >= 11 is 0. The molecule has 0 saturated carbocycles. The largest absolute Gasteiger partial charge is 0.423 e. The molecule has 1 fully saturated rings. The van der Waals surface area contributed by atoms with Crippen molar-refractivity contribution >= 4 is 5.91 Å². The highest BCUT2D eigenvalue weighted by atomic mass is 16.4. The van der Waals surface area contributed by atoms with Crippen molar-refractivity contribution in [3.05, 3.63) is 29.2 Å². The van der Waals surface area contributed by atoms with Gasteiger partial charge in [-0.1, -0.05) is 12.8 Å². The summed E-state index contributed by atoms with van der Waals surface area (Å²) in [5.41, 5.74) is 1.44. The lowest BCUT2D eigenvalue weighted by Crippen LogP contribution is -2.36. The summed E-state index contributed by atoms with van der Waals surface area (Å²) in [5, 5.41) is 12.3. The van der Waals surface area contributed by atoms with Gasteiger partial charge in [-0.15, -0.1) is 10.2 Å². The Labute approximate surface area is 129 Å². The molecule has 7 heteroatoms. The highest BCUT2D eigenvalue weighted by Gasteiger charge is 2.32. The van der Waals surface area contributed by atoms with Gasteiger partial charge >= 0.3 is 0 Å². The molecule has 1 aliphatic heterocycles. The highest BCUT2D eigenvalue weighted by molar-refractivity contribution is 5.93. The van der Waals surface area contributed by atoms with Crippen molar-refractivity contribution < 1.29 is 9.21 Å². The van der Waals surface area contributed by atoms with E-state index in [0.29, 0.717) is 24.0 Å². The van der Waals surface area contributed by atoms with Crippen molar-refractivity contribution in [3.63, 3.8) is 0 Å². The molecule has 0 bridgehead atoms. The Morgan fingerprint density at radius 1 is 1.27 bits per heavy atom. The quantitative estimate of drug-likeness (QED) is 0.849. The molecule has 0 aliphatic carbocycles. The lowest BCUT2D eigenvalue weighted by molar-refractivity contribution is 0.0639. The predicted octanol–water partition coefficient (Wildman–Crippen LogP) is 2.18. The first-order chi connectivity index (χ1) is 10.6. The lowest BCUT2D eigenvalue weighted by atomic mass is 10.1. The van der Waals surface area contributed by atoms with Crippen molar-refractivity contribution in [1.82, 2.24) is 24.9 Å². The first-order valence-electron chi connectivity index (χ1n) is 7.68. The normalized spacial score (nSPS) is 19.2. The van der Waals surface area contributed by atoms with Gasteiger partial charge in [0.25, 0.3) is 5.91 Å². The fourth-order valence-corrected chi connectivity index (χ4v) is 3.01. The summed E-state index contributed by atoms with van der Waals surface area (Å²) < 4.78 is 7.23. The molecule has 0 N–H and O–H groups in total. The highest BCUT2D eigenvalue weighted by Crippen LogP contribution is 2.30. The molecule has 1 atom stereocenters. The standard InChI is InChI=1S/C15H21N5O2/c1-10-9-13(19(3)18-10)15(21)20-8-6-4-5-7-12(20)14-17-16-11(2)22-14/h9,12H,4-8H2,1-3H3. The lowest BCUT2D eigenvalue weighted by Gasteiger charge is -2.27. The third-order valence-electron chi connectivity index (χ3n) is 4.06. The van der Waals surface area contributed by atoms with Crippen LogP contribution in [0, 0.1) is 13.8 Å². The Kier molecular flexibility index (Phi) is 3.96. The first kappa shape index (κ1) is 14.7. The van der Waals surface area contributed by atoms with Crippen LogP contribution >= 0.6 is 0 Å². The number of carbonyl (C=O) groups excluding carboxylic acids is 1. The molecule has 1 amide bonds. The maximum atomic E-state index is 13.0. The number of aryl methyl sites for hydroxylation is 3. The van der Waals surface area contributed by atoms with E-state index in [1.165, 1.54) is 0 Å². The minimum absolute atomic E-state index is 0.0224. The maximum Gasteiger partial charge on any atom is 0.272 e. The van der Waals surface area contributed by atoms with E-state index in [2.05, 4.69) is 15.3 Å². The second-order valence-electron chi connectivity index (χ2n) is 5.82. The molecule has 0 radical (unpaired) electrons. The van der Waals surface area contributed by atoms with Crippen LogP contribution in [-0.2, 0) is 7.05 Å². The summed E-state index contributed by atoms with van der Waals surface area (Å²) in [7, 11) is 1.80. The van der Waals surface area contributed by atoms with Crippen LogP contribution in [0.4, 0.5) is 0 Å². The smallest absolute Gasteiger partial charge is 0.272 e. The van der Waals surface area contributed by atoms with Crippen molar-refractivity contribution in [2.75, 3.05) is 6.54 Å². The Morgan fingerprint density at radius 3 is 2.73 bits per heavy atom. The summed E-state index contributed by atoms with van der Waals surface area (Å²) in [6, 6.07) is 1.68. The number of amides is 1. The van der Waals surface area contributed by atoms with E-state index >= 15 is 0 Å². The Bertz CT molecular complexity index is 675. The summed E-state index contributed by atoms with van der Waals surface area (Å²) in [5.74, 6) is 1.04. The molecule has 3 heterocycles. The van der Waals surface area contributed by atoms with Gasteiger partial charge in [0.15, 0.2) is 0 Å². The van der Waals surface area contributed by atoms with Crippen LogP contribution in [0.15, 0.2) is 10.5 Å². The number of hydrogen-bond acceptors (Lipinski definition) is 5. The van der Waals surface area contributed by atoms with Crippen molar-refractivity contribution in [3.8, 4) is 0 Å². The maximum absolute atomic E-state index is 13.0. The van der Waals surface area contributed by atoms with Crippen LogP contribution < -0.4 is 0 Å². The van der Waals surface area contributed by atoms with Crippen molar-refractivity contribution in [2.24, 2.45) is 7.05 Å². The minimum Gasteiger partial charge on any atom is -0.423 e. The van der Waals surface area contributed by atoms with E-state index in [1.54, 1.807) is 18.7 Å². The van der Waals surface area contributed by atoms with Gasteiger partial charge < -0.3 is 9.32 Å². The van der Waals surface area contributed by atoms with Crippen LogP contribution in [0.3, 0.4) is 0 Å². The van der Waals surface area contributed by atoms with Crippen molar-refractivity contribution in [2.45, 2.75) is 45.6 Å². The van der Waals surface area contributed by atoms with Gasteiger partial charge in [-0.3, -0.25) is 9.48 Å². The number of rotatable bonds is 2. The zero-order valence-electron chi connectivity index (χ0n) is 13.2. The van der Waals surface area contributed by atoms with E-state index in [0.717, 1.165) is 31.4 Å². The molecular weight excluding hydrogens is 282 g/mol. The van der Waals surface area contributed by atoms with Crippen molar-refractivity contribution in [1.29, 1.82) is 0 Å². The summed E-state index contributed by atoms with van der Waals surface area (Å²) in [6.45, 7) is 4.36. The average Bonchev–Trinajstić information content (AvgIpc) is 2.95. The molecule has 0 aromatic carbocycles. The first-order valence-corrected chi connectivity index (χ1v) is 7.68. The topological polar surface area (TPSA) is 77.0 Å². The average molecular weight is 303 g/mol. The number of nitrogens with zero attached hydrogens (tertiary/aromatic N) is 5. The Morgan fingerprint density at radius 2 is 2.09 bits per heavy atom. The zero-order chi connectivity index (χ0) is 15.7. The predicted molar refractivity (Wildman–Crippen MR) is 79.2 cm³/mol. The fraction of sp³-hybridized carbons (Fsp3) is 0.600. The molecule has 22 heavy (non-hydrogen) atoms. The van der Waals surface area contributed by atoms with Crippen LogP contribution in [0.5, 0.6) is 0 Å². The Balaban J connectivity index is 1.93. The molecule has 118 valence electrons. The molecule has 0 spiro atoms. The van der Waals surface area contributed by atoms with Crippen LogP contribution in [0.25, 0.3) is 0 Å². The zero-order valence-corrected chi connectivity index (χ0v) is 13.2. The van der Waals surface area contributed by atoms with Crippen LogP contribution in [0.1, 0.15) is 59.7 Å². The van der Waals surface area contributed by atoms with Gasteiger partial charge in [-0.25, -0.2) is 0 Å². The minimum atomic E-state index is -0.147. The SMILES string of the molecule is Cc1cc(C(=O)N2CCCCCC2c2nnc(C)o2)n(C)n1. The van der Waals surface area contributed by atoms with Crippen LogP contribution in [-0.4, -0.2) is 37.3 Å². The van der Waals surface area contributed by atoms with Gasteiger partial charge in [-0.2, -0.15) is 5.10 Å². The van der Waals surface area contributed by atoms with Gasteiger partial charge in [0, 0.05) is 20.5 Å². The van der Waals surface area contributed by atoms with E-state index in [1.807, 2.05) is 17.9 Å². The fourth-order valence-electron chi connectivity index (χ4n) is 3.01. The molecule has 1 saturated heterocycles. The second kappa shape index (κ2) is 5.90. The Hall–Kier alpha value is -2.18. The van der Waals surface area contributed by atoms with Crippen LogP contribution in [0.2, 0.25) is 0 Å². The van der Waals surface area contributed by atoms with Gasteiger partial charge in [0.1, 0.15) is 11.7 Å². The number of aromatic nitrogens is 4. The van der Waals surface area contributed by atoms with E-state index in [-0.39, 0.29) is 11.9 Å². The third-order valence-corrected chi connectivity index (χ3v) is 4.06. The molecular formula is C15H21N5O2. The van der Waals surface area contributed by atoms with Gasteiger partial charge in [-0.05, 0) is 25.8 Å². The molecule has 1 unspecified atom stereocenters. The van der Waals surface area contributed by atoms with E-state index in [9.17, 15) is 4.79 Å². The second-order valence-corrected chi connectivity index (χ2v) is 5.82. The van der Waals surface area contributed by atoms with Gasteiger partial charge in [0.2, 0.25) is 11.8 Å². The monoisotopic (exact) mass is 303 g/mol. The molecule has 1 aliphatic rings. The molecule has 2 aromatic rings. The van der Waals surface area contributed by atoms with E-state index in [4.69, 9.17) is 4.42 Å². The number of likely N-dealkylation sites (tertiary alicyclic amines) is 1. The molecule has 3 rings (SSSR count). The van der Waals surface area contributed by atoms with Gasteiger partial charge in [0.05, 0.1) is 5.69 Å². The number of hydrogen-bond donors (Lipinski definition) is 0. The van der Waals surface area contributed by atoms with E-state index < -0.39 is 0 Å². The molecule has 2 aromatic heterocycles. The third kappa shape index (κ3) is 2.75. The molecule has 7 nitrogen and oxygen atoms in total. The summed E-state index contributed by atoms with van der Waals surface area (Å²) in [6.07, 6.45) is 4.01.